The summed E-state index contributed by atoms with van der Waals surface area (Å²) >= 11 is 1.87. The maximum atomic E-state index is 12.2. The minimum atomic E-state index is -0.221. The van der Waals surface area contributed by atoms with Gasteiger partial charge in [0.15, 0.2) is 0 Å². The van der Waals surface area contributed by atoms with Crippen LogP contribution in [-0.4, -0.2) is 33.5 Å². The third-order valence-corrected chi connectivity index (χ3v) is 4.21. The Kier molecular flexibility index (Phi) is 4.35. The molecule has 3 rings (SSSR count). The fourth-order valence-electron chi connectivity index (χ4n) is 2.02. The van der Waals surface area contributed by atoms with Gasteiger partial charge in [0, 0.05) is 29.8 Å². The summed E-state index contributed by atoms with van der Waals surface area (Å²) < 4.78 is 5.79. The molecule has 0 aromatic carbocycles. The van der Waals surface area contributed by atoms with Crippen molar-refractivity contribution >= 4 is 23.5 Å². The standard InChI is InChI=1S/C15H15N3O2S/c19-15(18-13-3-1-2-6-16-13)11-4-7-17-14(9-11)20-12-5-8-21-10-12/h1-4,6-7,9,12H,5,8,10H2,(H,16,18,19)/t12-/m0/s1. The first-order valence-electron chi connectivity index (χ1n) is 6.74. The molecule has 0 aliphatic carbocycles. The van der Waals surface area contributed by atoms with Crippen molar-refractivity contribution in [3.63, 3.8) is 0 Å². The number of amides is 1. The van der Waals surface area contributed by atoms with Crippen LogP contribution in [0.15, 0.2) is 42.7 Å². The van der Waals surface area contributed by atoms with Gasteiger partial charge in [0.2, 0.25) is 5.88 Å². The van der Waals surface area contributed by atoms with Crippen LogP contribution in [0, 0.1) is 0 Å². The highest BCUT2D eigenvalue weighted by Gasteiger charge is 2.18. The normalized spacial score (nSPS) is 17.4. The summed E-state index contributed by atoms with van der Waals surface area (Å²) in [7, 11) is 0. The Balaban J connectivity index is 1.68. The molecule has 1 fully saturated rings. The van der Waals surface area contributed by atoms with E-state index in [0.717, 1.165) is 17.9 Å². The van der Waals surface area contributed by atoms with E-state index in [2.05, 4.69) is 15.3 Å². The third kappa shape index (κ3) is 3.72. The van der Waals surface area contributed by atoms with Gasteiger partial charge in [-0.3, -0.25) is 4.79 Å². The van der Waals surface area contributed by atoms with Crippen LogP contribution < -0.4 is 10.1 Å². The Morgan fingerprint density at radius 2 is 2.24 bits per heavy atom. The van der Waals surface area contributed by atoms with Gasteiger partial charge in [0.1, 0.15) is 11.9 Å². The largest absolute Gasteiger partial charge is 0.473 e. The number of rotatable bonds is 4. The summed E-state index contributed by atoms with van der Waals surface area (Å²) in [5, 5.41) is 2.74. The Labute approximate surface area is 127 Å². The van der Waals surface area contributed by atoms with Crippen molar-refractivity contribution in [2.75, 3.05) is 16.8 Å². The molecule has 0 unspecified atom stereocenters. The maximum Gasteiger partial charge on any atom is 0.257 e. The number of ether oxygens (including phenoxy) is 1. The summed E-state index contributed by atoms with van der Waals surface area (Å²) in [6.07, 6.45) is 4.44. The fraction of sp³-hybridized carbons (Fsp3) is 0.267. The van der Waals surface area contributed by atoms with E-state index < -0.39 is 0 Å². The van der Waals surface area contributed by atoms with Crippen LogP contribution >= 0.6 is 11.8 Å². The molecule has 0 radical (unpaired) electrons. The van der Waals surface area contributed by atoms with Crippen LogP contribution in [0.2, 0.25) is 0 Å². The number of nitrogens with zero attached hydrogens (tertiary/aromatic N) is 2. The lowest BCUT2D eigenvalue weighted by Crippen LogP contribution is -2.17. The topological polar surface area (TPSA) is 64.1 Å². The van der Waals surface area contributed by atoms with E-state index in [9.17, 15) is 4.79 Å². The Morgan fingerprint density at radius 1 is 1.29 bits per heavy atom. The van der Waals surface area contributed by atoms with Crippen LogP contribution in [0.5, 0.6) is 5.88 Å². The molecule has 1 amide bonds. The predicted molar refractivity (Wildman–Crippen MR) is 82.8 cm³/mol. The second kappa shape index (κ2) is 6.58. The highest BCUT2D eigenvalue weighted by Crippen LogP contribution is 2.22. The lowest BCUT2D eigenvalue weighted by molar-refractivity contribution is 0.102. The number of carbonyl (C=O) groups is 1. The van der Waals surface area contributed by atoms with Gasteiger partial charge >= 0.3 is 0 Å². The number of thioether (sulfide) groups is 1. The quantitative estimate of drug-likeness (QED) is 0.940. The Hall–Kier alpha value is -2.08. The zero-order valence-corrected chi connectivity index (χ0v) is 12.2. The first-order valence-corrected chi connectivity index (χ1v) is 7.89. The van der Waals surface area contributed by atoms with E-state index in [1.54, 1.807) is 36.7 Å². The molecular weight excluding hydrogens is 286 g/mol. The van der Waals surface area contributed by atoms with Crippen LogP contribution in [-0.2, 0) is 0 Å². The second-order valence-corrected chi connectivity index (χ2v) is 5.81. The van der Waals surface area contributed by atoms with Gasteiger partial charge in [-0.1, -0.05) is 6.07 Å². The van der Waals surface area contributed by atoms with Crippen molar-refractivity contribution in [1.82, 2.24) is 9.97 Å². The van der Waals surface area contributed by atoms with Crippen molar-refractivity contribution < 1.29 is 9.53 Å². The first kappa shape index (κ1) is 13.9. The molecule has 3 heterocycles. The Morgan fingerprint density at radius 3 is 3.00 bits per heavy atom. The van der Waals surface area contributed by atoms with Gasteiger partial charge in [-0.25, -0.2) is 9.97 Å². The van der Waals surface area contributed by atoms with Crippen molar-refractivity contribution in [3.05, 3.63) is 48.3 Å². The van der Waals surface area contributed by atoms with E-state index >= 15 is 0 Å². The number of carbonyl (C=O) groups excluding carboxylic acids is 1. The molecule has 21 heavy (non-hydrogen) atoms. The predicted octanol–water partition coefficient (Wildman–Crippen LogP) is 2.61. The second-order valence-electron chi connectivity index (χ2n) is 4.66. The molecule has 2 aromatic rings. The first-order chi connectivity index (χ1) is 10.3. The van der Waals surface area contributed by atoms with Crippen LogP contribution in [0.1, 0.15) is 16.8 Å². The Bertz CT molecular complexity index is 615. The molecule has 6 heteroatoms. The lowest BCUT2D eigenvalue weighted by Gasteiger charge is -2.12. The van der Waals surface area contributed by atoms with Crippen LogP contribution in [0.3, 0.4) is 0 Å². The van der Waals surface area contributed by atoms with E-state index in [1.807, 2.05) is 17.8 Å². The third-order valence-electron chi connectivity index (χ3n) is 3.08. The van der Waals surface area contributed by atoms with E-state index in [1.165, 1.54) is 0 Å². The van der Waals surface area contributed by atoms with Gasteiger partial charge in [-0.15, -0.1) is 0 Å². The molecule has 1 aliphatic heterocycles. The number of hydrogen-bond acceptors (Lipinski definition) is 5. The molecule has 1 aliphatic rings. The molecule has 0 bridgehead atoms. The van der Waals surface area contributed by atoms with Crippen molar-refractivity contribution in [3.8, 4) is 5.88 Å². The monoisotopic (exact) mass is 301 g/mol. The van der Waals surface area contributed by atoms with Crippen molar-refractivity contribution in [2.24, 2.45) is 0 Å². The maximum absolute atomic E-state index is 12.2. The summed E-state index contributed by atoms with van der Waals surface area (Å²) in [6.45, 7) is 0. The minimum Gasteiger partial charge on any atom is -0.473 e. The van der Waals surface area contributed by atoms with E-state index in [4.69, 9.17) is 4.74 Å². The molecule has 1 N–H and O–H groups in total. The molecule has 5 nitrogen and oxygen atoms in total. The van der Waals surface area contributed by atoms with Crippen molar-refractivity contribution in [2.45, 2.75) is 12.5 Å². The number of nitrogens with one attached hydrogen (secondary N) is 1. The summed E-state index contributed by atoms with van der Waals surface area (Å²) in [4.78, 5) is 20.4. The van der Waals surface area contributed by atoms with E-state index in [-0.39, 0.29) is 12.0 Å². The highest BCUT2D eigenvalue weighted by atomic mass is 32.2. The van der Waals surface area contributed by atoms with Crippen molar-refractivity contribution in [1.29, 1.82) is 0 Å². The molecule has 1 atom stereocenters. The number of aromatic nitrogens is 2. The van der Waals surface area contributed by atoms with Gasteiger partial charge in [-0.2, -0.15) is 11.8 Å². The fourth-order valence-corrected chi connectivity index (χ4v) is 3.11. The average Bonchev–Trinajstić information content (AvgIpc) is 3.01. The summed E-state index contributed by atoms with van der Waals surface area (Å²) in [5.41, 5.74) is 0.510. The van der Waals surface area contributed by atoms with Gasteiger partial charge in [0.05, 0.1) is 0 Å². The SMILES string of the molecule is O=C(Nc1ccccn1)c1ccnc(O[C@H]2CCSC2)c1. The lowest BCUT2D eigenvalue weighted by atomic mass is 10.2. The number of hydrogen-bond donors (Lipinski definition) is 1. The summed E-state index contributed by atoms with van der Waals surface area (Å²) in [6, 6.07) is 8.69. The summed E-state index contributed by atoms with van der Waals surface area (Å²) in [5.74, 6) is 2.89. The molecule has 1 saturated heterocycles. The van der Waals surface area contributed by atoms with Crippen LogP contribution in [0.4, 0.5) is 5.82 Å². The highest BCUT2D eigenvalue weighted by molar-refractivity contribution is 7.99. The number of pyridine rings is 2. The van der Waals surface area contributed by atoms with Gasteiger partial charge in [-0.05, 0) is 30.4 Å². The smallest absolute Gasteiger partial charge is 0.257 e. The molecule has 0 spiro atoms. The molecule has 108 valence electrons. The van der Waals surface area contributed by atoms with Gasteiger partial charge < -0.3 is 10.1 Å². The van der Waals surface area contributed by atoms with Crippen LogP contribution in [0.25, 0.3) is 0 Å². The van der Waals surface area contributed by atoms with Gasteiger partial charge in [0.25, 0.3) is 5.91 Å². The minimum absolute atomic E-state index is 0.191. The zero-order chi connectivity index (χ0) is 14.5. The number of anilines is 1. The molecule has 0 saturated carbocycles. The average molecular weight is 301 g/mol. The van der Waals surface area contributed by atoms with E-state index in [0.29, 0.717) is 17.3 Å². The zero-order valence-electron chi connectivity index (χ0n) is 11.4. The molecular formula is C15H15N3O2S. The molecule has 2 aromatic heterocycles.